The van der Waals surface area contributed by atoms with E-state index >= 15 is 0 Å². The predicted octanol–water partition coefficient (Wildman–Crippen LogP) is 1.93. The summed E-state index contributed by atoms with van der Waals surface area (Å²) in [7, 11) is 1.29. The average molecular weight is 380 g/mol. The number of ether oxygens (including phenoxy) is 3. The van der Waals surface area contributed by atoms with E-state index in [0.717, 1.165) is 0 Å². The van der Waals surface area contributed by atoms with Crippen molar-refractivity contribution in [2.24, 2.45) is 17.8 Å². The number of methoxy groups -OCH3 is 1. The molecule has 1 N–H and O–H groups in total. The molecule has 7 heteroatoms. The highest BCUT2D eigenvalue weighted by Crippen LogP contribution is 2.38. The van der Waals surface area contributed by atoms with Crippen LogP contribution in [-0.4, -0.2) is 48.9 Å². The molecular formula is C20H28O7. The summed E-state index contributed by atoms with van der Waals surface area (Å²) in [5.41, 5.74) is 0.603. The Hall–Kier alpha value is -2.15. The molecule has 0 radical (unpaired) electrons. The third-order valence-corrected chi connectivity index (χ3v) is 5.12. The highest BCUT2D eigenvalue weighted by molar-refractivity contribution is 5.91. The van der Waals surface area contributed by atoms with Gasteiger partial charge < -0.3 is 19.3 Å². The Morgan fingerprint density at radius 1 is 1.41 bits per heavy atom. The Kier molecular flexibility index (Phi) is 7.18. The second kappa shape index (κ2) is 9.17. The summed E-state index contributed by atoms with van der Waals surface area (Å²) in [6.45, 7) is 7.19. The van der Waals surface area contributed by atoms with Gasteiger partial charge in [-0.2, -0.15) is 0 Å². The Bertz CT molecular complexity index is 634. The molecule has 0 spiro atoms. The van der Waals surface area contributed by atoms with Crippen molar-refractivity contribution in [3.8, 4) is 0 Å². The number of aliphatic hydroxyl groups excluding tert-OH is 1. The second-order valence-electron chi connectivity index (χ2n) is 7.41. The lowest BCUT2D eigenvalue weighted by Crippen LogP contribution is -2.37. The van der Waals surface area contributed by atoms with Gasteiger partial charge in [0.05, 0.1) is 18.9 Å². The summed E-state index contributed by atoms with van der Waals surface area (Å²) in [5, 5.41) is 9.67. The average Bonchev–Trinajstić information content (AvgIpc) is 2.91. The fraction of sp³-hybridized carbons (Fsp3) is 0.650. The van der Waals surface area contributed by atoms with Gasteiger partial charge in [0.15, 0.2) is 0 Å². The molecule has 1 heterocycles. The number of rotatable bonds is 4. The Morgan fingerprint density at radius 3 is 2.70 bits per heavy atom. The molecule has 0 bridgehead atoms. The first-order chi connectivity index (χ1) is 12.8. The molecule has 27 heavy (non-hydrogen) atoms. The first kappa shape index (κ1) is 21.2. The molecule has 0 aromatic rings. The van der Waals surface area contributed by atoms with Crippen LogP contribution < -0.4 is 0 Å². The summed E-state index contributed by atoms with van der Waals surface area (Å²) in [6, 6.07) is 0. The standard InChI is InChI=1S/C20H28O7/c1-11(2)18(22)26-16-9-14(20(24)25-4)7-5-6-13(10-21)8-15-17(16)12(3)19(23)27-15/h7,11,13,15-17,21H,3,5-6,8-10H2,1-2,4H3/b14-7+/t13-,15+,16+,17-/m0/s1. The van der Waals surface area contributed by atoms with E-state index in [-0.39, 0.29) is 30.4 Å². The van der Waals surface area contributed by atoms with Crippen molar-refractivity contribution in [1.82, 2.24) is 0 Å². The summed E-state index contributed by atoms with van der Waals surface area (Å²) in [5.74, 6) is -2.50. The zero-order valence-corrected chi connectivity index (χ0v) is 16.1. The zero-order valence-electron chi connectivity index (χ0n) is 16.1. The van der Waals surface area contributed by atoms with E-state index in [4.69, 9.17) is 14.2 Å². The molecule has 0 saturated carbocycles. The number of carbonyl (C=O) groups excluding carboxylic acids is 3. The molecule has 1 saturated heterocycles. The molecule has 2 rings (SSSR count). The lowest BCUT2D eigenvalue weighted by Gasteiger charge is -2.30. The number of allylic oxidation sites excluding steroid dienone is 1. The lowest BCUT2D eigenvalue weighted by atomic mass is 9.81. The van der Waals surface area contributed by atoms with Gasteiger partial charge in [0, 0.05) is 24.2 Å². The fourth-order valence-corrected chi connectivity index (χ4v) is 3.54. The maximum absolute atomic E-state index is 12.3. The van der Waals surface area contributed by atoms with Gasteiger partial charge in [-0.3, -0.25) is 4.79 Å². The Labute approximate surface area is 159 Å². The largest absolute Gasteiger partial charge is 0.466 e. The number of hydrogen-bond donors (Lipinski definition) is 1. The molecular weight excluding hydrogens is 352 g/mol. The zero-order chi connectivity index (χ0) is 20.1. The number of carbonyl (C=O) groups is 3. The first-order valence-electron chi connectivity index (χ1n) is 9.26. The van der Waals surface area contributed by atoms with E-state index in [1.165, 1.54) is 7.11 Å². The van der Waals surface area contributed by atoms with Crippen LogP contribution in [0.15, 0.2) is 23.8 Å². The monoisotopic (exact) mass is 380 g/mol. The minimum Gasteiger partial charge on any atom is -0.466 e. The van der Waals surface area contributed by atoms with Crippen LogP contribution in [0.3, 0.4) is 0 Å². The van der Waals surface area contributed by atoms with Crippen LogP contribution in [0.5, 0.6) is 0 Å². The molecule has 0 aromatic carbocycles. The van der Waals surface area contributed by atoms with Crippen molar-refractivity contribution >= 4 is 17.9 Å². The maximum atomic E-state index is 12.3. The third-order valence-electron chi connectivity index (χ3n) is 5.12. The number of hydrogen-bond acceptors (Lipinski definition) is 7. The number of fused-ring (bicyclic) bond motifs is 1. The van der Waals surface area contributed by atoms with Gasteiger partial charge in [-0.05, 0) is 25.2 Å². The summed E-state index contributed by atoms with van der Waals surface area (Å²) < 4.78 is 16.0. The van der Waals surface area contributed by atoms with Gasteiger partial charge >= 0.3 is 17.9 Å². The molecule has 0 amide bonds. The van der Waals surface area contributed by atoms with Crippen LogP contribution in [-0.2, 0) is 28.6 Å². The predicted molar refractivity (Wildman–Crippen MR) is 96.4 cm³/mol. The van der Waals surface area contributed by atoms with Gasteiger partial charge in [0.25, 0.3) is 0 Å². The van der Waals surface area contributed by atoms with Crippen LogP contribution in [0, 0.1) is 17.8 Å². The van der Waals surface area contributed by atoms with Crippen molar-refractivity contribution in [2.75, 3.05) is 13.7 Å². The van der Waals surface area contributed by atoms with Crippen LogP contribution in [0.2, 0.25) is 0 Å². The molecule has 1 fully saturated rings. The van der Waals surface area contributed by atoms with E-state index < -0.39 is 36.0 Å². The van der Waals surface area contributed by atoms with Gasteiger partial charge in [-0.1, -0.05) is 26.5 Å². The maximum Gasteiger partial charge on any atom is 0.334 e. The van der Waals surface area contributed by atoms with Crippen molar-refractivity contribution < 1.29 is 33.7 Å². The van der Waals surface area contributed by atoms with Crippen molar-refractivity contribution in [1.29, 1.82) is 0 Å². The van der Waals surface area contributed by atoms with Gasteiger partial charge in [0.1, 0.15) is 12.2 Å². The molecule has 0 unspecified atom stereocenters. The molecule has 150 valence electrons. The van der Waals surface area contributed by atoms with Gasteiger partial charge in [0.2, 0.25) is 0 Å². The minimum absolute atomic E-state index is 0.0644. The van der Waals surface area contributed by atoms with E-state index in [2.05, 4.69) is 6.58 Å². The summed E-state index contributed by atoms with van der Waals surface area (Å²) in [6.07, 6.45) is 2.20. The van der Waals surface area contributed by atoms with E-state index in [9.17, 15) is 19.5 Å². The molecule has 4 atom stereocenters. The Balaban J connectivity index is 2.42. The van der Waals surface area contributed by atoms with Crippen molar-refractivity contribution in [3.05, 3.63) is 23.8 Å². The lowest BCUT2D eigenvalue weighted by molar-refractivity contribution is -0.157. The van der Waals surface area contributed by atoms with Crippen molar-refractivity contribution in [3.63, 3.8) is 0 Å². The van der Waals surface area contributed by atoms with Crippen LogP contribution in [0.4, 0.5) is 0 Å². The SMILES string of the molecule is C=C1C(=O)O[C@@H]2C[C@@H](CO)CC/C=C(/C(=O)OC)C[C@@H](OC(=O)C(C)C)[C@@H]12. The topological polar surface area (TPSA) is 99.1 Å². The highest BCUT2D eigenvalue weighted by atomic mass is 16.6. The van der Waals surface area contributed by atoms with E-state index in [0.29, 0.717) is 24.8 Å². The minimum atomic E-state index is -0.772. The van der Waals surface area contributed by atoms with Crippen molar-refractivity contribution in [2.45, 2.75) is 51.7 Å². The molecule has 1 aliphatic carbocycles. The van der Waals surface area contributed by atoms with E-state index in [1.54, 1.807) is 19.9 Å². The quantitative estimate of drug-likeness (QED) is 0.452. The van der Waals surface area contributed by atoms with Crippen LogP contribution >= 0.6 is 0 Å². The van der Waals surface area contributed by atoms with Gasteiger partial charge in [-0.15, -0.1) is 0 Å². The van der Waals surface area contributed by atoms with Crippen LogP contribution in [0.1, 0.15) is 39.5 Å². The normalized spacial score (nSPS) is 30.8. The highest BCUT2D eigenvalue weighted by Gasteiger charge is 2.46. The number of aliphatic hydroxyl groups is 1. The molecule has 7 nitrogen and oxygen atoms in total. The Morgan fingerprint density at radius 2 is 2.11 bits per heavy atom. The van der Waals surface area contributed by atoms with E-state index in [1.807, 2.05) is 0 Å². The second-order valence-corrected chi connectivity index (χ2v) is 7.41. The third kappa shape index (κ3) is 4.97. The molecule has 1 aliphatic heterocycles. The van der Waals surface area contributed by atoms with Crippen LogP contribution in [0.25, 0.3) is 0 Å². The molecule has 0 aromatic heterocycles. The summed E-state index contributed by atoms with van der Waals surface area (Å²) >= 11 is 0. The fourth-order valence-electron chi connectivity index (χ4n) is 3.54. The smallest absolute Gasteiger partial charge is 0.334 e. The number of esters is 3. The van der Waals surface area contributed by atoms with Gasteiger partial charge in [-0.25, -0.2) is 9.59 Å². The molecule has 2 aliphatic rings. The first-order valence-corrected chi connectivity index (χ1v) is 9.26. The summed E-state index contributed by atoms with van der Waals surface area (Å²) in [4.78, 5) is 36.6.